The van der Waals surface area contributed by atoms with Gasteiger partial charge in [-0.1, -0.05) is 13.8 Å². The number of hydrogen-bond acceptors (Lipinski definition) is 3. The molecule has 1 heterocycles. The van der Waals surface area contributed by atoms with Crippen LogP contribution in [0.3, 0.4) is 0 Å². The van der Waals surface area contributed by atoms with Gasteiger partial charge in [-0.25, -0.2) is 4.79 Å². The van der Waals surface area contributed by atoms with E-state index in [4.69, 9.17) is 5.11 Å². The second kappa shape index (κ2) is 8.39. The van der Waals surface area contributed by atoms with E-state index in [1.165, 1.54) is 12.2 Å². The van der Waals surface area contributed by atoms with Gasteiger partial charge in [0.2, 0.25) is 0 Å². The fourth-order valence-corrected chi connectivity index (χ4v) is 3.41. The molecule has 0 saturated carbocycles. The number of carbonyl (C=O) groups is 2. The zero-order chi connectivity index (χ0) is 15.0. The van der Waals surface area contributed by atoms with E-state index in [0.29, 0.717) is 18.9 Å². The highest BCUT2D eigenvalue weighted by molar-refractivity contribution is 7.99. The molecule has 0 aromatic rings. The second-order valence-corrected chi connectivity index (χ2v) is 7.32. The van der Waals surface area contributed by atoms with Crippen LogP contribution in [0.15, 0.2) is 0 Å². The van der Waals surface area contributed by atoms with Crippen LogP contribution in [0, 0.1) is 11.3 Å². The molecule has 5 nitrogen and oxygen atoms in total. The zero-order valence-electron chi connectivity index (χ0n) is 12.4. The summed E-state index contributed by atoms with van der Waals surface area (Å²) in [6.45, 7) is 5.40. The molecular formula is C14H26N2O3S. The van der Waals surface area contributed by atoms with Crippen molar-refractivity contribution in [1.82, 2.24) is 10.6 Å². The Morgan fingerprint density at radius 3 is 2.65 bits per heavy atom. The molecule has 116 valence electrons. The first kappa shape index (κ1) is 17.1. The minimum atomic E-state index is -0.766. The van der Waals surface area contributed by atoms with E-state index in [9.17, 15) is 9.59 Å². The molecule has 1 aliphatic rings. The van der Waals surface area contributed by atoms with Crippen LogP contribution in [0.4, 0.5) is 4.79 Å². The van der Waals surface area contributed by atoms with Gasteiger partial charge < -0.3 is 15.7 Å². The van der Waals surface area contributed by atoms with Gasteiger partial charge in [0.05, 0.1) is 0 Å². The van der Waals surface area contributed by atoms with Crippen LogP contribution in [0.25, 0.3) is 0 Å². The third kappa shape index (κ3) is 7.62. The molecule has 0 aromatic carbocycles. The van der Waals surface area contributed by atoms with Crippen LogP contribution in [0.5, 0.6) is 0 Å². The minimum Gasteiger partial charge on any atom is -0.481 e. The van der Waals surface area contributed by atoms with E-state index in [1.807, 2.05) is 25.6 Å². The molecule has 0 aliphatic carbocycles. The second-order valence-electron chi connectivity index (χ2n) is 6.17. The first-order valence-electron chi connectivity index (χ1n) is 7.20. The third-order valence-corrected chi connectivity index (χ3v) is 4.91. The van der Waals surface area contributed by atoms with E-state index in [2.05, 4.69) is 10.6 Å². The number of nitrogens with one attached hydrogen (secondary N) is 2. The topological polar surface area (TPSA) is 78.4 Å². The van der Waals surface area contributed by atoms with Crippen molar-refractivity contribution in [1.29, 1.82) is 0 Å². The van der Waals surface area contributed by atoms with E-state index < -0.39 is 5.97 Å². The highest BCUT2D eigenvalue weighted by Gasteiger charge is 2.19. The number of carboxylic acids is 1. The molecule has 1 fully saturated rings. The SMILES string of the molecule is CC(C)(CCNC(=O)NCC1CCSC1)CCC(=O)O. The number of carbonyl (C=O) groups excluding carboxylic acids is 1. The fourth-order valence-electron chi connectivity index (χ4n) is 2.13. The summed E-state index contributed by atoms with van der Waals surface area (Å²) in [5, 5.41) is 14.4. The summed E-state index contributed by atoms with van der Waals surface area (Å²) in [5.41, 5.74) is -0.0617. The Labute approximate surface area is 125 Å². The van der Waals surface area contributed by atoms with Gasteiger partial charge in [-0.3, -0.25) is 4.79 Å². The predicted octanol–water partition coefficient (Wildman–Crippen LogP) is 2.32. The molecule has 1 aliphatic heterocycles. The maximum atomic E-state index is 11.6. The number of rotatable bonds is 8. The van der Waals surface area contributed by atoms with Gasteiger partial charge in [0.25, 0.3) is 0 Å². The van der Waals surface area contributed by atoms with Crippen LogP contribution in [0.2, 0.25) is 0 Å². The van der Waals surface area contributed by atoms with Crippen molar-refractivity contribution in [3.05, 3.63) is 0 Å². The summed E-state index contributed by atoms with van der Waals surface area (Å²) >= 11 is 1.94. The van der Waals surface area contributed by atoms with Crippen molar-refractivity contribution in [3.63, 3.8) is 0 Å². The number of hydrogen-bond donors (Lipinski definition) is 3. The lowest BCUT2D eigenvalue weighted by Crippen LogP contribution is -2.39. The molecule has 0 spiro atoms. The fraction of sp³-hybridized carbons (Fsp3) is 0.857. The summed E-state index contributed by atoms with van der Waals surface area (Å²) in [6.07, 6.45) is 2.78. The first-order chi connectivity index (χ1) is 9.39. The van der Waals surface area contributed by atoms with Crippen LogP contribution >= 0.6 is 11.8 Å². The maximum absolute atomic E-state index is 11.6. The Morgan fingerprint density at radius 1 is 1.30 bits per heavy atom. The standard InChI is InChI=1S/C14H26N2O3S/c1-14(2,5-3-12(17)18)6-7-15-13(19)16-9-11-4-8-20-10-11/h11H,3-10H2,1-2H3,(H,17,18)(H2,15,16,19). The molecule has 1 unspecified atom stereocenters. The maximum Gasteiger partial charge on any atom is 0.314 e. The summed E-state index contributed by atoms with van der Waals surface area (Å²) in [4.78, 5) is 22.2. The Kier molecular flexibility index (Phi) is 7.19. The van der Waals surface area contributed by atoms with Crippen LogP contribution in [-0.4, -0.2) is 41.7 Å². The molecule has 20 heavy (non-hydrogen) atoms. The molecule has 0 radical (unpaired) electrons. The number of urea groups is 1. The van der Waals surface area contributed by atoms with E-state index in [-0.39, 0.29) is 17.9 Å². The summed E-state index contributed by atoms with van der Waals surface area (Å²) in [6, 6.07) is -0.115. The van der Waals surface area contributed by atoms with Crippen molar-refractivity contribution >= 4 is 23.8 Å². The predicted molar refractivity (Wildman–Crippen MR) is 82.1 cm³/mol. The highest BCUT2D eigenvalue weighted by Crippen LogP contribution is 2.26. The van der Waals surface area contributed by atoms with Gasteiger partial charge in [-0.15, -0.1) is 0 Å². The largest absolute Gasteiger partial charge is 0.481 e. The van der Waals surface area contributed by atoms with Gasteiger partial charge in [0.15, 0.2) is 0 Å². The van der Waals surface area contributed by atoms with E-state index >= 15 is 0 Å². The lowest BCUT2D eigenvalue weighted by Gasteiger charge is -2.24. The molecule has 6 heteroatoms. The van der Waals surface area contributed by atoms with E-state index in [1.54, 1.807) is 0 Å². The Morgan fingerprint density at radius 2 is 2.05 bits per heavy atom. The average molecular weight is 302 g/mol. The van der Waals surface area contributed by atoms with Crippen LogP contribution in [-0.2, 0) is 4.79 Å². The molecule has 0 bridgehead atoms. The summed E-state index contributed by atoms with van der Waals surface area (Å²) < 4.78 is 0. The molecule has 3 N–H and O–H groups in total. The molecule has 2 amide bonds. The van der Waals surface area contributed by atoms with E-state index in [0.717, 1.165) is 18.7 Å². The molecule has 1 saturated heterocycles. The summed E-state index contributed by atoms with van der Waals surface area (Å²) in [5.74, 6) is 2.18. The monoisotopic (exact) mass is 302 g/mol. The first-order valence-corrected chi connectivity index (χ1v) is 8.36. The van der Waals surface area contributed by atoms with Crippen molar-refractivity contribution < 1.29 is 14.7 Å². The Balaban J connectivity index is 2.09. The van der Waals surface area contributed by atoms with Crippen molar-refractivity contribution in [2.45, 2.75) is 39.5 Å². The number of thioether (sulfide) groups is 1. The van der Waals surface area contributed by atoms with Crippen LogP contribution in [0.1, 0.15) is 39.5 Å². The third-order valence-electron chi connectivity index (χ3n) is 3.68. The summed E-state index contributed by atoms with van der Waals surface area (Å²) in [7, 11) is 0. The normalized spacial score (nSPS) is 18.8. The van der Waals surface area contributed by atoms with Gasteiger partial charge in [-0.05, 0) is 42.1 Å². The lowest BCUT2D eigenvalue weighted by atomic mass is 9.84. The Bertz CT molecular complexity index is 328. The van der Waals surface area contributed by atoms with Crippen molar-refractivity contribution in [3.8, 4) is 0 Å². The molecular weight excluding hydrogens is 276 g/mol. The average Bonchev–Trinajstić information content (AvgIpc) is 2.87. The van der Waals surface area contributed by atoms with Gasteiger partial charge >= 0.3 is 12.0 Å². The molecule has 0 aromatic heterocycles. The van der Waals surface area contributed by atoms with Crippen molar-refractivity contribution in [2.24, 2.45) is 11.3 Å². The zero-order valence-corrected chi connectivity index (χ0v) is 13.2. The Hall–Kier alpha value is -0.910. The van der Waals surface area contributed by atoms with Gasteiger partial charge in [0, 0.05) is 19.5 Å². The quantitative estimate of drug-likeness (QED) is 0.643. The van der Waals surface area contributed by atoms with Gasteiger partial charge in [-0.2, -0.15) is 11.8 Å². The smallest absolute Gasteiger partial charge is 0.314 e. The lowest BCUT2D eigenvalue weighted by molar-refractivity contribution is -0.137. The van der Waals surface area contributed by atoms with Gasteiger partial charge in [0.1, 0.15) is 0 Å². The van der Waals surface area contributed by atoms with Crippen LogP contribution < -0.4 is 10.6 Å². The molecule has 1 atom stereocenters. The number of aliphatic carboxylic acids is 1. The highest BCUT2D eigenvalue weighted by atomic mass is 32.2. The number of carboxylic acid groups (broad SMARTS) is 1. The minimum absolute atomic E-state index is 0.0617. The molecule has 1 rings (SSSR count). The number of amides is 2. The van der Waals surface area contributed by atoms with Crippen molar-refractivity contribution in [2.75, 3.05) is 24.6 Å².